The Labute approximate surface area is 175 Å². The summed E-state index contributed by atoms with van der Waals surface area (Å²) in [6.07, 6.45) is -1.09. The summed E-state index contributed by atoms with van der Waals surface area (Å²) in [6.45, 7) is 1.99. The SMILES string of the molecule is CC[C@]1(c2ccccc2)C(=O)O[C@@H](c2ccccc2)N1C(=O)OCc1ccccc1. The molecule has 0 saturated carbocycles. The number of rotatable bonds is 5. The minimum Gasteiger partial charge on any atom is -0.444 e. The molecule has 5 nitrogen and oxygen atoms in total. The zero-order valence-corrected chi connectivity index (χ0v) is 16.7. The smallest absolute Gasteiger partial charge is 0.414 e. The highest BCUT2D eigenvalue weighted by Gasteiger charge is 2.58. The van der Waals surface area contributed by atoms with Crippen LogP contribution >= 0.6 is 0 Å². The molecular weight excluding hydrogens is 378 g/mol. The molecule has 0 spiro atoms. The molecule has 1 amide bonds. The Hall–Kier alpha value is -3.60. The van der Waals surface area contributed by atoms with Crippen LogP contribution in [-0.4, -0.2) is 17.0 Å². The number of nitrogens with zero attached hydrogens (tertiary/aromatic N) is 1. The summed E-state index contributed by atoms with van der Waals surface area (Å²) in [6, 6.07) is 28.0. The van der Waals surface area contributed by atoms with E-state index < -0.39 is 23.8 Å². The molecule has 1 aliphatic rings. The third-order valence-electron chi connectivity index (χ3n) is 5.45. The Morgan fingerprint density at radius 3 is 2.10 bits per heavy atom. The van der Waals surface area contributed by atoms with E-state index in [1.165, 1.54) is 4.90 Å². The first-order valence-corrected chi connectivity index (χ1v) is 9.98. The van der Waals surface area contributed by atoms with E-state index in [4.69, 9.17) is 9.47 Å². The third-order valence-corrected chi connectivity index (χ3v) is 5.45. The fourth-order valence-corrected chi connectivity index (χ4v) is 3.91. The van der Waals surface area contributed by atoms with Crippen molar-refractivity contribution in [1.29, 1.82) is 0 Å². The maximum atomic E-state index is 13.4. The van der Waals surface area contributed by atoms with E-state index in [2.05, 4.69) is 0 Å². The van der Waals surface area contributed by atoms with Crippen LogP contribution in [0.25, 0.3) is 0 Å². The Bertz CT molecular complexity index is 1010. The molecule has 0 N–H and O–H groups in total. The van der Waals surface area contributed by atoms with Crippen LogP contribution in [0.3, 0.4) is 0 Å². The van der Waals surface area contributed by atoms with Crippen molar-refractivity contribution in [3.63, 3.8) is 0 Å². The zero-order valence-electron chi connectivity index (χ0n) is 16.7. The lowest BCUT2D eigenvalue weighted by Gasteiger charge is -2.35. The van der Waals surface area contributed by atoms with Gasteiger partial charge in [-0.2, -0.15) is 0 Å². The molecule has 0 aromatic heterocycles. The minimum atomic E-state index is -1.25. The molecule has 0 radical (unpaired) electrons. The van der Waals surface area contributed by atoms with Gasteiger partial charge in [-0.3, -0.25) is 0 Å². The third kappa shape index (κ3) is 3.43. The van der Waals surface area contributed by atoms with E-state index >= 15 is 0 Å². The Morgan fingerprint density at radius 2 is 1.50 bits per heavy atom. The maximum absolute atomic E-state index is 13.4. The van der Waals surface area contributed by atoms with Gasteiger partial charge in [-0.05, 0) is 17.5 Å². The fourth-order valence-electron chi connectivity index (χ4n) is 3.91. The van der Waals surface area contributed by atoms with E-state index in [0.29, 0.717) is 17.5 Å². The second-order valence-electron chi connectivity index (χ2n) is 7.16. The number of benzene rings is 3. The van der Waals surface area contributed by atoms with E-state index in [1.807, 2.05) is 97.9 Å². The van der Waals surface area contributed by atoms with Gasteiger partial charge >= 0.3 is 12.1 Å². The molecule has 1 saturated heterocycles. The molecular formula is C25H23NO4. The summed E-state index contributed by atoms with van der Waals surface area (Å²) < 4.78 is 11.4. The number of cyclic esters (lactones) is 1. The van der Waals surface area contributed by atoms with Crippen LogP contribution in [-0.2, 0) is 26.4 Å². The van der Waals surface area contributed by atoms with Crippen LogP contribution in [0.5, 0.6) is 0 Å². The van der Waals surface area contributed by atoms with Gasteiger partial charge in [0.1, 0.15) is 6.61 Å². The van der Waals surface area contributed by atoms with Crippen LogP contribution in [0.15, 0.2) is 91.0 Å². The first kappa shape index (κ1) is 19.7. The van der Waals surface area contributed by atoms with Gasteiger partial charge in [-0.15, -0.1) is 0 Å². The van der Waals surface area contributed by atoms with Gasteiger partial charge in [0, 0.05) is 5.56 Å². The predicted octanol–water partition coefficient (Wildman–Crippen LogP) is 5.19. The van der Waals surface area contributed by atoms with Crippen LogP contribution < -0.4 is 0 Å². The topological polar surface area (TPSA) is 55.8 Å². The van der Waals surface area contributed by atoms with Crippen molar-refractivity contribution in [3.05, 3.63) is 108 Å². The van der Waals surface area contributed by atoms with Gasteiger partial charge in [-0.25, -0.2) is 14.5 Å². The van der Waals surface area contributed by atoms with E-state index in [1.54, 1.807) is 0 Å². The first-order valence-electron chi connectivity index (χ1n) is 9.98. The molecule has 0 aliphatic carbocycles. The quantitative estimate of drug-likeness (QED) is 0.553. The van der Waals surface area contributed by atoms with E-state index in [0.717, 1.165) is 5.56 Å². The molecule has 5 heteroatoms. The standard InChI is InChI=1S/C25H23NO4/c1-2-25(21-16-10-5-11-17-21)23(27)30-22(20-14-8-4-9-15-20)26(25)24(28)29-18-19-12-6-3-7-13-19/h3-17,22H,2,18H2,1H3/t22-,25-/m0/s1. The molecule has 3 aromatic rings. The Balaban J connectivity index is 1.74. The molecule has 3 aromatic carbocycles. The molecule has 0 bridgehead atoms. The highest BCUT2D eigenvalue weighted by Crippen LogP contribution is 2.46. The highest BCUT2D eigenvalue weighted by molar-refractivity contribution is 5.90. The molecule has 0 unspecified atom stereocenters. The molecule has 30 heavy (non-hydrogen) atoms. The van der Waals surface area contributed by atoms with Crippen LogP contribution in [0.4, 0.5) is 4.79 Å². The largest absolute Gasteiger partial charge is 0.444 e. The van der Waals surface area contributed by atoms with Crippen molar-refractivity contribution in [2.45, 2.75) is 31.7 Å². The average Bonchev–Trinajstić information content (AvgIpc) is 3.12. The average molecular weight is 401 g/mol. The zero-order chi connectivity index (χ0) is 21.0. The van der Waals surface area contributed by atoms with E-state index in [9.17, 15) is 9.59 Å². The van der Waals surface area contributed by atoms with Crippen LogP contribution in [0, 0.1) is 0 Å². The van der Waals surface area contributed by atoms with Gasteiger partial charge in [0.25, 0.3) is 0 Å². The van der Waals surface area contributed by atoms with Gasteiger partial charge in [0.05, 0.1) is 0 Å². The lowest BCUT2D eigenvalue weighted by atomic mass is 9.86. The van der Waals surface area contributed by atoms with Crippen molar-refractivity contribution in [2.24, 2.45) is 0 Å². The number of hydrogen-bond acceptors (Lipinski definition) is 4. The van der Waals surface area contributed by atoms with Gasteiger partial charge in [0.15, 0.2) is 5.54 Å². The van der Waals surface area contributed by atoms with E-state index in [-0.39, 0.29) is 6.61 Å². The van der Waals surface area contributed by atoms with Crippen molar-refractivity contribution >= 4 is 12.1 Å². The maximum Gasteiger partial charge on any atom is 0.414 e. The number of amides is 1. The minimum absolute atomic E-state index is 0.112. The second kappa shape index (κ2) is 8.41. The Morgan fingerprint density at radius 1 is 0.933 bits per heavy atom. The molecule has 152 valence electrons. The lowest BCUT2D eigenvalue weighted by Crippen LogP contribution is -2.49. The second-order valence-corrected chi connectivity index (χ2v) is 7.16. The van der Waals surface area contributed by atoms with Crippen molar-refractivity contribution < 1.29 is 19.1 Å². The Kier molecular flexibility index (Phi) is 5.53. The number of carbonyl (C=O) groups is 2. The highest BCUT2D eigenvalue weighted by atomic mass is 16.6. The number of hydrogen-bond donors (Lipinski definition) is 0. The van der Waals surface area contributed by atoms with Gasteiger partial charge in [-0.1, -0.05) is 97.9 Å². The predicted molar refractivity (Wildman–Crippen MR) is 112 cm³/mol. The number of esters is 1. The number of ether oxygens (including phenoxy) is 2. The molecule has 4 rings (SSSR count). The summed E-state index contributed by atoms with van der Waals surface area (Å²) in [7, 11) is 0. The first-order chi connectivity index (χ1) is 14.7. The number of carbonyl (C=O) groups excluding carboxylic acids is 2. The van der Waals surface area contributed by atoms with Crippen molar-refractivity contribution in [1.82, 2.24) is 4.90 Å². The van der Waals surface area contributed by atoms with Crippen LogP contribution in [0.2, 0.25) is 0 Å². The summed E-state index contributed by atoms with van der Waals surface area (Å²) >= 11 is 0. The monoisotopic (exact) mass is 401 g/mol. The molecule has 2 atom stereocenters. The van der Waals surface area contributed by atoms with Gasteiger partial charge < -0.3 is 9.47 Å². The molecule has 1 fully saturated rings. The summed E-state index contributed by atoms with van der Waals surface area (Å²) in [4.78, 5) is 28.0. The summed E-state index contributed by atoms with van der Waals surface area (Å²) in [5, 5.41) is 0. The summed E-state index contributed by atoms with van der Waals surface area (Å²) in [5.74, 6) is -0.457. The van der Waals surface area contributed by atoms with Crippen molar-refractivity contribution in [2.75, 3.05) is 0 Å². The molecule has 1 aliphatic heterocycles. The van der Waals surface area contributed by atoms with Crippen molar-refractivity contribution in [3.8, 4) is 0 Å². The normalized spacial score (nSPS) is 20.6. The fraction of sp³-hybridized carbons (Fsp3) is 0.200. The van der Waals surface area contributed by atoms with Crippen LogP contribution in [0.1, 0.15) is 36.3 Å². The molecule has 1 heterocycles. The summed E-state index contributed by atoms with van der Waals surface area (Å²) in [5.41, 5.74) is 1.03. The van der Waals surface area contributed by atoms with Gasteiger partial charge in [0.2, 0.25) is 6.23 Å². The lowest BCUT2D eigenvalue weighted by molar-refractivity contribution is -0.146.